The lowest BCUT2D eigenvalue weighted by Crippen LogP contribution is -2.58. The number of anilines is 1. The number of rotatable bonds is 1. The van der Waals surface area contributed by atoms with Gasteiger partial charge < -0.3 is 14.8 Å². The second-order valence-corrected chi connectivity index (χ2v) is 4.94. The molecule has 0 spiro atoms. The molecule has 0 aromatic carbocycles. The number of carbonyl (C=O) groups excluding carboxylic acids is 3. The summed E-state index contributed by atoms with van der Waals surface area (Å²) in [5, 5.41) is 5.31. The third-order valence-electron chi connectivity index (χ3n) is 3.54. The van der Waals surface area contributed by atoms with Crippen LogP contribution < -0.4 is 10.6 Å². The zero-order chi connectivity index (χ0) is 14.3. The molecule has 1 unspecified atom stereocenters. The predicted molar refractivity (Wildman–Crippen MR) is 69.0 cm³/mol. The first kappa shape index (κ1) is 12.6. The maximum atomic E-state index is 12.4. The summed E-state index contributed by atoms with van der Waals surface area (Å²) >= 11 is 0. The van der Waals surface area contributed by atoms with Gasteiger partial charge in [-0.25, -0.2) is 4.98 Å². The number of amides is 3. The Kier molecular flexibility index (Phi) is 2.92. The van der Waals surface area contributed by atoms with Gasteiger partial charge in [-0.3, -0.25) is 19.7 Å². The van der Waals surface area contributed by atoms with Crippen LogP contribution in [-0.4, -0.2) is 51.3 Å². The number of hydrogen-bond acceptors (Lipinski definition) is 5. The molecule has 20 heavy (non-hydrogen) atoms. The van der Waals surface area contributed by atoms with Crippen LogP contribution in [0.2, 0.25) is 0 Å². The summed E-state index contributed by atoms with van der Waals surface area (Å²) in [7, 11) is 0. The lowest BCUT2D eigenvalue weighted by molar-refractivity contribution is -0.138. The summed E-state index contributed by atoms with van der Waals surface area (Å²) < 4.78 is 1.87. The quantitative estimate of drug-likeness (QED) is 0.654. The summed E-state index contributed by atoms with van der Waals surface area (Å²) in [5.41, 5.74) is 0.253. The number of nitrogens with one attached hydrogen (secondary N) is 2. The van der Waals surface area contributed by atoms with Gasteiger partial charge in [0.1, 0.15) is 18.3 Å². The van der Waals surface area contributed by atoms with Crippen LogP contribution in [0.4, 0.5) is 5.95 Å². The van der Waals surface area contributed by atoms with E-state index in [0.717, 1.165) is 19.5 Å². The Morgan fingerprint density at radius 1 is 1.45 bits per heavy atom. The Morgan fingerprint density at radius 3 is 3.00 bits per heavy atom. The van der Waals surface area contributed by atoms with E-state index in [2.05, 4.69) is 15.6 Å². The molecule has 0 radical (unpaired) electrons. The minimum absolute atomic E-state index is 0.124. The molecule has 1 aromatic heterocycles. The van der Waals surface area contributed by atoms with Crippen LogP contribution in [0.15, 0.2) is 6.20 Å². The molecule has 0 saturated carbocycles. The van der Waals surface area contributed by atoms with Gasteiger partial charge >= 0.3 is 0 Å². The smallest absolute Gasteiger partial charge is 0.275 e. The van der Waals surface area contributed by atoms with Gasteiger partial charge in [0, 0.05) is 19.3 Å². The van der Waals surface area contributed by atoms with Crippen LogP contribution in [-0.2, 0) is 16.1 Å². The highest BCUT2D eigenvalue weighted by Gasteiger charge is 2.35. The Labute approximate surface area is 115 Å². The highest BCUT2D eigenvalue weighted by Crippen LogP contribution is 2.17. The van der Waals surface area contributed by atoms with Gasteiger partial charge in [0.15, 0.2) is 0 Å². The van der Waals surface area contributed by atoms with Crippen molar-refractivity contribution >= 4 is 23.7 Å². The average Bonchev–Trinajstić information content (AvgIpc) is 2.86. The van der Waals surface area contributed by atoms with E-state index in [9.17, 15) is 14.4 Å². The zero-order valence-corrected chi connectivity index (χ0v) is 11.0. The molecule has 8 heteroatoms. The van der Waals surface area contributed by atoms with Gasteiger partial charge in [-0.05, 0) is 13.3 Å². The SMILES string of the molecule is CC1C(=O)NC(=O)CN1C(=O)c1cn2c(n1)NCCC2. The lowest BCUT2D eigenvalue weighted by Gasteiger charge is -2.30. The molecule has 1 fully saturated rings. The van der Waals surface area contributed by atoms with Crippen molar-refractivity contribution < 1.29 is 14.4 Å². The molecule has 106 valence electrons. The first-order chi connectivity index (χ1) is 9.56. The second kappa shape index (κ2) is 4.62. The van der Waals surface area contributed by atoms with Gasteiger partial charge in [0.25, 0.3) is 5.91 Å². The van der Waals surface area contributed by atoms with Crippen LogP contribution in [0, 0.1) is 0 Å². The van der Waals surface area contributed by atoms with E-state index in [1.54, 1.807) is 13.1 Å². The molecular weight excluding hydrogens is 262 g/mol. The number of piperazine rings is 1. The van der Waals surface area contributed by atoms with E-state index in [-0.39, 0.29) is 12.2 Å². The minimum Gasteiger partial charge on any atom is -0.356 e. The van der Waals surface area contributed by atoms with Gasteiger partial charge in [-0.15, -0.1) is 0 Å². The molecule has 8 nitrogen and oxygen atoms in total. The number of carbonyl (C=O) groups is 3. The average molecular weight is 277 g/mol. The Hall–Kier alpha value is -2.38. The topological polar surface area (TPSA) is 96.3 Å². The van der Waals surface area contributed by atoms with Gasteiger partial charge in [0.05, 0.1) is 0 Å². The fraction of sp³-hybridized carbons (Fsp3) is 0.500. The van der Waals surface area contributed by atoms with Crippen LogP contribution in [0.1, 0.15) is 23.8 Å². The molecule has 2 N–H and O–H groups in total. The highest BCUT2D eigenvalue weighted by molar-refractivity contribution is 6.06. The normalized spacial score (nSPS) is 22.1. The van der Waals surface area contributed by atoms with Crippen molar-refractivity contribution in [3.63, 3.8) is 0 Å². The standard InChI is InChI=1S/C12H15N5O3/c1-7-10(19)15-9(18)6-17(7)11(20)8-5-16-4-2-3-13-12(16)14-8/h5,7H,2-4,6H2,1H3,(H,13,14)(H,15,18,19). The van der Waals surface area contributed by atoms with Crippen LogP contribution in [0.5, 0.6) is 0 Å². The molecule has 0 aliphatic carbocycles. The largest absolute Gasteiger partial charge is 0.356 e. The highest BCUT2D eigenvalue weighted by atomic mass is 16.2. The van der Waals surface area contributed by atoms with E-state index in [4.69, 9.17) is 0 Å². The number of fused-ring (bicyclic) bond motifs is 1. The molecular formula is C12H15N5O3. The van der Waals surface area contributed by atoms with Gasteiger partial charge in [0.2, 0.25) is 17.8 Å². The third-order valence-corrected chi connectivity index (χ3v) is 3.54. The summed E-state index contributed by atoms with van der Waals surface area (Å²) in [6.45, 7) is 3.10. The maximum Gasteiger partial charge on any atom is 0.275 e. The summed E-state index contributed by atoms with van der Waals surface area (Å²) in [6, 6.07) is -0.674. The van der Waals surface area contributed by atoms with Crippen molar-refractivity contribution in [3.8, 4) is 0 Å². The van der Waals surface area contributed by atoms with E-state index in [0.29, 0.717) is 5.95 Å². The Bertz CT molecular complexity index is 570. The number of hydrogen-bond donors (Lipinski definition) is 2. The number of aryl methyl sites for hydroxylation is 1. The minimum atomic E-state index is -0.674. The molecule has 3 rings (SSSR count). The Morgan fingerprint density at radius 2 is 2.25 bits per heavy atom. The first-order valence-electron chi connectivity index (χ1n) is 6.52. The number of imide groups is 1. The third kappa shape index (κ3) is 2.02. The Balaban J connectivity index is 1.86. The molecule has 2 aliphatic heterocycles. The number of imidazole rings is 1. The molecule has 3 amide bonds. The first-order valence-corrected chi connectivity index (χ1v) is 6.52. The predicted octanol–water partition coefficient (Wildman–Crippen LogP) is -0.814. The lowest BCUT2D eigenvalue weighted by atomic mass is 10.2. The molecule has 1 aromatic rings. The molecule has 2 aliphatic rings. The van der Waals surface area contributed by atoms with Crippen molar-refractivity contribution in [2.75, 3.05) is 18.4 Å². The fourth-order valence-electron chi connectivity index (χ4n) is 2.39. The van der Waals surface area contributed by atoms with Crippen molar-refractivity contribution in [2.45, 2.75) is 25.9 Å². The van der Waals surface area contributed by atoms with Crippen LogP contribution in [0.25, 0.3) is 0 Å². The monoisotopic (exact) mass is 277 g/mol. The fourth-order valence-corrected chi connectivity index (χ4v) is 2.39. The molecule has 1 saturated heterocycles. The zero-order valence-electron chi connectivity index (χ0n) is 11.0. The molecule has 0 bridgehead atoms. The van der Waals surface area contributed by atoms with E-state index >= 15 is 0 Å². The van der Waals surface area contributed by atoms with E-state index < -0.39 is 23.8 Å². The van der Waals surface area contributed by atoms with E-state index in [1.165, 1.54) is 4.90 Å². The summed E-state index contributed by atoms with van der Waals surface area (Å²) in [4.78, 5) is 40.9. The summed E-state index contributed by atoms with van der Waals surface area (Å²) in [5.74, 6) is -0.676. The number of nitrogens with zero attached hydrogens (tertiary/aromatic N) is 3. The number of aromatic nitrogens is 2. The van der Waals surface area contributed by atoms with Crippen molar-refractivity contribution in [3.05, 3.63) is 11.9 Å². The van der Waals surface area contributed by atoms with Gasteiger partial charge in [-0.1, -0.05) is 0 Å². The molecule has 1 atom stereocenters. The second-order valence-electron chi connectivity index (χ2n) is 4.94. The molecule has 3 heterocycles. The van der Waals surface area contributed by atoms with Crippen LogP contribution >= 0.6 is 0 Å². The van der Waals surface area contributed by atoms with Crippen molar-refractivity contribution in [1.82, 2.24) is 19.8 Å². The van der Waals surface area contributed by atoms with Crippen LogP contribution in [0.3, 0.4) is 0 Å². The summed E-state index contributed by atoms with van der Waals surface area (Å²) in [6.07, 6.45) is 2.63. The maximum absolute atomic E-state index is 12.4. The van der Waals surface area contributed by atoms with Gasteiger partial charge in [-0.2, -0.15) is 0 Å². The van der Waals surface area contributed by atoms with Crippen molar-refractivity contribution in [1.29, 1.82) is 0 Å². The van der Waals surface area contributed by atoms with Crippen molar-refractivity contribution in [2.24, 2.45) is 0 Å². The van der Waals surface area contributed by atoms with E-state index in [1.807, 2.05) is 4.57 Å².